The Balaban J connectivity index is 1.81. The fourth-order valence-corrected chi connectivity index (χ4v) is 2.85. The van der Waals surface area contributed by atoms with Crippen LogP contribution in [0.4, 0.5) is 0 Å². The van der Waals surface area contributed by atoms with E-state index in [4.69, 9.17) is 10.5 Å². The largest absolute Gasteiger partial charge is 0.426 e. The van der Waals surface area contributed by atoms with Crippen molar-refractivity contribution in [3.63, 3.8) is 0 Å². The third kappa shape index (κ3) is 2.86. The summed E-state index contributed by atoms with van der Waals surface area (Å²) in [6, 6.07) is 14.3. The molecule has 0 aliphatic heterocycles. The number of carbonyl (C=O) groups excluding carboxylic acids is 2. The smallest absolute Gasteiger partial charge is 0.328 e. The van der Waals surface area contributed by atoms with Gasteiger partial charge in [-0.3, -0.25) is 9.59 Å². The highest BCUT2D eigenvalue weighted by molar-refractivity contribution is 6.03. The summed E-state index contributed by atoms with van der Waals surface area (Å²) in [6.07, 6.45) is 3.19. The number of aryl methyl sites for hydroxylation is 2. The number of hydrogen-bond donors (Lipinski definition) is 1. The number of benzene rings is 2. The van der Waals surface area contributed by atoms with Crippen molar-refractivity contribution in [2.75, 3.05) is 0 Å². The van der Waals surface area contributed by atoms with Crippen LogP contribution in [-0.4, -0.2) is 11.9 Å². The van der Waals surface area contributed by atoms with E-state index in [0.717, 1.165) is 19.3 Å². The quantitative estimate of drug-likeness (QED) is 0.535. The van der Waals surface area contributed by atoms with Gasteiger partial charge in [0.05, 0.1) is 0 Å². The highest BCUT2D eigenvalue weighted by Crippen LogP contribution is 2.27. The molecule has 1 unspecified atom stereocenters. The Morgan fingerprint density at radius 3 is 2.45 bits per heavy atom. The number of rotatable bonds is 4. The van der Waals surface area contributed by atoms with Crippen molar-refractivity contribution in [1.29, 1.82) is 0 Å². The predicted molar refractivity (Wildman–Crippen MR) is 82.5 cm³/mol. The number of ether oxygens (including phenoxy) is 1. The first-order valence-electron chi connectivity index (χ1n) is 7.33. The highest BCUT2D eigenvalue weighted by Gasteiger charge is 2.28. The Labute approximate surface area is 128 Å². The van der Waals surface area contributed by atoms with Crippen LogP contribution in [0.3, 0.4) is 0 Å². The summed E-state index contributed by atoms with van der Waals surface area (Å²) < 4.78 is 5.38. The number of amides is 1. The maximum atomic E-state index is 12.3. The van der Waals surface area contributed by atoms with Crippen LogP contribution in [0.1, 0.15) is 29.0 Å². The predicted octanol–water partition coefficient (Wildman–Crippen LogP) is 2.35. The summed E-state index contributed by atoms with van der Waals surface area (Å²) in [4.78, 5) is 24.0. The van der Waals surface area contributed by atoms with Crippen LogP contribution in [0, 0.1) is 0 Å². The second-order valence-electron chi connectivity index (χ2n) is 5.45. The zero-order chi connectivity index (χ0) is 15.5. The SMILES string of the molecule is NC(=O)C(C(=O)Oc1ccc2c(c1)CCC2)c1ccccc1. The van der Waals surface area contributed by atoms with E-state index in [9.17, 15) is 9.59 Å². The molecule has 3 rings (SSSR count). The van der Waals surface area contributed by atoms with Gasteiger partial charge < -0.3 is 10.5 Å². The molecular weight excluding hydrogens is 278 g/mol. The van der Waals surface area contributed by atoms with Gasteiger partial charge in [-0.05, 0) is 48.1 Å². The average Bonchev–Trinajstić information content (AvgIpc) is 2.95. The fraction of sp³-hybridized carbons (Fsp3) is 0.222. The van der Waals surface area contributed by atoms with Crippen LogP contribution < -0.4 is 10.5 Å². The van der Waals surface area contributed by atoms with Gasteiger partial charge in [0.15, 0.2) is 5.92 Å². The fourth-order valence-electron chi connectivity index (χ4n) is 2.85. The van der Waals surface area contributed by atoms with Crippen molar-refractivity contribution in [3.8, 4) is 5.75 Å². The topological polar surface area (TPSA) is 69.4 Å². The molecule has 0 bridgehead atoms. The Kier molecular flexibility index (Phi) is 3.92. The lowest BCUT2D eigenvalue weighted by atomic mass is 9.99. The lowest BCUT2D eigenvalue weighted by Crippen LogP contribution is -2.31. The molecule has 4 nitrogen and oxygen atoms in total. The zero-order valence-electron chi connectivity index (χ0n) is 12.1. The van der Waals surface area contributed by atoms with Gasteiger partial charge in [-0.2, -0.15) is 0 Å². The molecule has 0 aromatic heterocycles. The third-order valence-corrected chi connectivity index (χ3v) is 3.94. The molecule has 1 amide bonds. The van der Waals surface area contributed by atoms with E-state index >= 15 is 0 Å². The minimum absolute atomic E-state index is 0.466. The van der Waals surface area contributed by atoms with E-state index < -0.39 is 17.8 Å². The maximum Gasteiger partial charge on any atom is 0.328 e. The minimum Gasteiger partial charge on any atom is -0.426 e. The first-order valence-corrected chi connectivity index (χ1v) is 7.33. The second-order valence-corrected chi connectivity index (χ2v) is 5.45. The Morgan fingerprint density at radius 1 is 1.00 bits per heavy atom. The molecule has 0 heterocycles. The maximum absolute atomic E-state index is 12.3. The summed E-state index contributed by atoms with van der Waals surface area (Å²) in [5.74, 6) is -1.98. The Hall–Kier alpha value is -2.62. The van der Waals surface area contributed by atoms with Crippen LogP contribution in [0.15, 0.2) is 48.5 Å². The Morgan fingerprint density at radius 2 is 1.73 bits per heavy atom. The van der Waals surface area contributed by atoms with E-state index in [1.54, 1.807) is 30.3 Å². The molecular formula is C18H17NO3. The van der Waals surface area contributed by atoms with Crippen LogP contribution in [0.25, 0.3) is 0 Å². The highest BCUT2D eigenvalue weighted by atomic mass is 16.5. The second kappa shape index (κ2) is 6.02. The average molecular weight is 295 g/mol. The van der Waals surface area contributed by atoms with E-state index in [1.807, 2.05) is 18.2 Å². The van der Waals surface area contributed by atoms with E-state index in [0.29, 0.717) is 11.3 Å². The molecule has 0 saturated heterocycles. The van der Waals surface area contributed by atoms with Gasteiger partial charge in [0.1, 0.15) is 5.75 Å². The summed E-state index contributed by atoms with van der Waals surface area (Å²) in [7, 11) is 0. The van der Waals surface area contributed by atoms with Gasteiger partial charge in [0.25, 0.3) is 0 Å². The first kappa shape index (κ1) is 14.3. The van der Waals surface area contributed by atoms with Gasteiger partial charge in [-0.25, -0.2) is 0 Å². The number of esters is 1. The number of hydrogen-bond acceptors (Lipinski definition) is 3. The van der Waals surface area contributed by atoms with Crippen molar-refractivity contribution < 1.29 is 14.3 Å². The molecule has 112 valence electrons. The van der Waals surface area contributed by atoms with E-state index in [2.05, 4.69) is 0 Å². The molecule has 2 aromatic rings. The number of carbonyl (C=O) groups is 2. The molecule has 1 aliphatic rings. The molecule has 0 spiro atoms. The molecule has 22 heavy (non-hydrogen) atoms. The molecule has 2 aromatic carbocycles. The monoisotopic (exact) mass is 295 g/mol. The molecule has 1 aliphatic carbocycles. The normalized spacial score (nSPS) is 14.2. The molecule has 0 radical (unpaired) electrons. The van der Waals surface area contributed by atoms with Crippen LogP contribution in [-0.2, 0) is 22.4 Å². The van der Waals surface area contributed by atoms with Gasteiger partial charge in [-0.1, -0.05) is 36.4 Å². The molecule has 2 N–H and O–H groups in total. The molecule has 0 saturated carbocycles. The summed E-state index contributed by atoms with van der Waals surface area (Å²) in [5.41, 5.74) is 8.43. The lowest BCUT2D eigenvalue weighted by molar-refractivity contribution is -0.140. The van der Waals surface area contributed by atoms with Crippen LogP contribution in [0.5, 0.6) is 5.75 Å². The summed E-state index contributed by atoms with van der Waals surface area (Å²) in [5, 5.41) is 0. The van der Waals surface area contributed by atoms with E-state index in [-0.39, 0.29) is 0 Å². The zero-order valence-corrected chi connectivity index (χ0v) is 12.1. The van der Waals surface area contributed by atoms with Gasteiger partial charge in [0, 0.05) is 0 Å². The Bertz CT molecular complexity index is 710. The molecule has 1 atom stereocenters. The molecule has 4 heteroatoms. The van der Waals surface area contributed by atoms with Crippen molar-refractivity contribution in [2.24, 2.45) is 5.73 Å². The summed E-state index contributed by atoms with van der Waals surface area (Å²) >= 11 is 0. The molecule has 0 fully saturated rings. The van der Waals surface area contributed by atoms with Gasteiger partial charge in [-0.15, -0.1) is 0 Å². The number of primary amides is 1. The van der Waals surface area contributed by atoms with Gasteiger partial charge in [0.2, 0.25) is 5.91 Å². The van der Waals surface area contributed by atoms with E-state index in [1.165, 1.54) is 11.1 Å². The van der Waals surface area contributed by atoms with Crippen LogP contribution >= 0.6 is 0 Å². The van der Waals surface area contributed by atoms with Crippen molar-refractivity contribution >= 4 is 11.9 Å². The standard InChI is InChI=1S/C18H17NO3/c19-17(20)16(13-5-2-1-3-6-13)18(21)22-15-10-9-12-7-4-8-14(12)11-15/h1-3,5-6,9-11,16H,4,7-8H2,(H2,19,20). The lowest BCUT2D eigenvalue weighted by Gasteiger charge is -2.13. The number of fused-ring (bicyclic) bond motifs is 1. The van der Waals surface area contributed by atoms with Crippen molar-refractivity contribution in [3.05, 3.63) is 65.2 Å². The first-order chi connectivity index (χ1) is 10.6. The number of nitrogens with two attached hydrogens (primary N) is 1. The summed E-state index contributed by atoms with van der Waals surface area (Å²) in [6.45, 7) is 0. The third-order valence-electron chi connectivity index (χ3n) is 3.94. The van der Waals surface area contributed by atoms with Crippen molar-refractivity contribution in [2.45, 2.75) is 25.2 Å². The van der Waals surface area contributed by atoms with Crippen LogP contribution in [0.2, 0.25) is 0 Å². The van der Waals surface area contributed by atoms with Crippen molar-refractivity contribution in [1.82, 2.24) is 0 Å². The minimum atomic E-state index is -1.09. The van der Waals surface area contributed by atoms with Gasteiger partial charge >= 0.3 is 5.97 Å².